The maximum Gasteiger partial charge on any atom is 0.0932 e. The summed E-state index contributed by atoms with van der Waals surface area (Å²) in [5.41, 5.74) is 2.57. The fourth-order valence-corrected chi connectivity index (χ4v) is 2.08. The number of benzene rings is 1. The molecular formula is C14H19NO. The average molecular weight is 217 g/mol. The second-order valence-corrected chi connectivity index (χ2v) is 4.46. The van der Waals surface area contributed by atoms with Crippen LogP contribution >= 0.6 is 0 Å². The molecule has 0 N–H and O–H groups in total. The summed E-state index contributed by atoms with van der Waals surface area (Å²) in [5.74, 6) is 0. The molecule has 0 aromatic heterocycles. The molecule has 0 aliphatic carbocycles. The van der Waals surface area contributed by atoms with Crippen molar-refractivity contribution in [3.8, 4) is 0 Å². The quantitative estimate of drug-likeness (QED) is 0.706. The molecule has 1 heterocycles. The first-order valence-corrected chi connectivity index (χ1v) is 5.78. The summed E-state index contributed by atoms with van der Waals surface area (Å²) in [4.78, 5) is 2.36. The van der Waals surface area contributed by atoms with Gasteiger partial charge in [0, 0.05) is 18.8 Å². The molecule has 0 unspecified atom stereocenters. The Labute approximate surface area is 97.5 Å². The third kappa shape index (κ3) is 2.45. The molecule has 1 aromatic carbocycles. The molecule has 0 saturated carbocycles. The summed E-state index contributed by atoms with van der Waals surface area (Å²) >= 11 is 0. The standard InChI is InChI=1S/C14H19NO/c1-4-14-10-15(9-12(3)16-14)13-7-5-11(2)6-8-13/h4-8,12,14H,1,9-10H2,2-3H3/t12-,14-/m1/s1. The summed E-state index contributed by atoms with van der Waals surface area (Å²) in [6, 6.07) is 8.65. The number of morpholine rings is 1. The minimum absolute atomic E-state index is 0.144. The van der Waals surface area contributed by atoms with Gasteiger partial charge in [-0.3, -0.25) is 0 Å². The topological polar surface area (TPSA) is 12.5 Å². The zero-order valence-electron chi connectivity index (χ0n) is 10.0. The fourth-order valence-electron chi connectivity index (χ4n) is 2.08. The zero-order chi connectivity index (χ0) is 11.5. The molecule has 0 bridgehead atoms. The monoisotopic (exact) mass is 217 g/mol. The van der Waals surface area contributed by atoms with Crippen molar-refractivity contribution in [1.29, 1.82) is 0 Å². The van der Waals surface area contributed by atoms with E-state index in [1.165, 1.54) is 11.3 Å². The maximum absolute atomic E-state index is 5.75. The van der Waals surface area contributed by atoms with Crippen LogP contribution in [0.5, 0.6) is 0 Å². The summed E-state index contributed by atoms with van der Waals surface area (Å²) in [6.45, 7) is 9.88. The Kier molecular flexibility index (Phi) is 3.30. The second-order valence-electron chi connectivity index (χ2n) is 4.46. The van der Waals surface area contributed by atoms with E-state index >= 15 is 0 Å². The Bertz CT molecular complexity index is 358. The molecule has 0 amide bonds. The van der Waals surface area contributed by atoms with Gasteiger partial charge < -0.3 is 9.64 Å². The summed E-state index contributed by atoms with van der Waals surface area (Å²) in [5, 5.41) is 0. The number of aryl methyl sites for hydroxylation is 1. The Balaban J connectivity index is 2.14. The lowest BCUT2D eigenvalue weighted by atomic mass is 10.1. The molecule has 16 heavy (non-hydrogen) atoms. The van der Waals surface area contributed by atoms with Crippen LogP contribution in [0.2, 0.25) is 0 Å². The van der Waals surface area contributed by atoms with E-state index in [2.05, 4.69) is 49.6 Å². The van der Waals surface area contributed by atoms with Gasteiger partial charge in [-0.2, -0.15) is 0 Å². The van der Waals surface area contributed by atoms with E-state index in [1.807, 2.05) is 6.08 Å². The van der Waals surface area contributed by atoms with Crippen molar-refractivity contribution in [2.24, 2.45) is 0 Å². The Morgan fingerprint density at radius 2 is 2.00 bits per heavy atom. The zero-order valence-corrected chi connectivity index (χ0v) is 10.0. The van der Waals surface area contributed by atoms with Gasteiger partial charge in [0.25, 0.3) is 0 Å². The maximum atomic E-state index is 5.75. The van der Waals surface area contributed by atoms with Crippen molar-refractivity contribution in [2.75, 3.05) is 18.0 Å². The van der Waals surface area contributed by atoms with Crippen LogP contribution in [0.4, 0.5) is 5.69 Å². The third-order valence-corrected chi connectivity index (χ3v) is 2.95. The van der Waals surface area contributed by atoms with Gasteiger partial charge in [0.1, 0.15) is 0 Å². The van der Waals surface area contributed by atoms with Crippen LogP contribution in [-0.4, -0.2) is 25.3 Å². The minimum atomic E-state index is 0.144. The van der Waals surface area contributed by atoms with Crippen molar-refractivity contribution in [3.05, 3.63) is 42.5 Å². The van der Waals surface area contributed by atoms with Gasteiger partial charge in [0.15, 0.2) is 0 Å². The van der Waals surface area contributed by atoms with Gasteiger partial charge in [-0.25, -0.2) is 0 Å². The van der Waals surface area contributed by atoms with Crippen LogP contribution in [0, 0.1) is 6.92 Å². The summed E-state index contributed by atoms with van der Waals surface area (Å²) in [6.07, 6.45) is 2.29. The molecule has 1 aliphatic rings. The molecule has 1 saturated heterocycles. The Morgan fingerprint density at radius 3 is 2.62 bits per heavy atom. The second kappa shape index (κ2) is 4.71. The molecule has 86 valence electrons. The first-order chi connectivity index (χ1) is 7.69. The number of hydrogen-bond donors (Lipinski definition) is 0. The van der Waals surface area contributed by atoms with Crippen LogP contribution < -0.4 is 4.90 Å². The van der Waals surface area contributed by atoms with Crippen molar-refractivity contribution < 1.29 is 4.74 Å². The van der Waals surface area contributed by atoms with E-state index < -0.39 is 0 Å². The normalized spacial score (nSPS) is 25.5. The van der Waals surface area contributed by atoms with E-state index in [0.29, 0.717) is 0 Å². The molecular weight excluding hydrogens is 198 g/mol. The van der Waals surface area contributed by atoms with Crippen LogP contribution in [-0.2, 0) is 4.74 Å². The summed E-state index contributed by atoms with van der Waals surface area (Å²) in [7, 11) is 0. The molecule has 1 aliphatic heterocycles. The molecule has 1 aromatic rings. The first kappa shape index (κ1) is 11.2. The van der Waals surface area contributed by atoms with Crippen molar-refractivity contribution in [1.82, 2.24) is 0 Å². The van der Waals surface area contributed by atoms with E-state index in [4.69, 9.17) is 4.74 Å². The third-order valence-electron chi connectivity index (χ3n) is 2.95. The highest BCUT2D eigenvalue weighted by molar-refractivity contribution is 5.48. The molecule has 2 nitrogen and oxygen atoms in total. The molecule has 1 fully saturated rings. The van der Waals surface area contributed by atoms with Gasteiger partial charge in [-0.05, 0) is 26.0 Å². The largest absolute Gasteiger partial charge is 0.368 e. The number of anilines is 1. The van der Waals surface area contributed by atoms with Gasteiger partial charge >= 0.3 is 0 Å². The van der Waals surface area contributed by atoms with E-state index in [1.54, 1.807) is 0 Å². The highest BCUT2D eigenvalue weighted by Crippen LogP contribution is 2.20. The average Bonchev–Trinajstić information content (AvgIpc) is 2.29. The Morgan fingerprint density at radius 1 is 1.31 bits per heavy atom. The highest BCUT2D eigenvalue weighted by atomic mass is 16.5. The number of rotatable bonds is 2. The van der Waals surface area contributed by atoms with Gasteiger partial charge in [0.05, 0.1) is 12.2 Å². The van der Waals surface area contributed by atoms with E-state index in [-0.39, 0.29) is 12.2 Å². The van der Waals surface area contributed by atoms with Crippen molar-refractivity contribution in [2.45, 2.75) is 26.1 Å². The first-order valence-electron chi connectivity index (χ1n) is 5.78. The Hall–Kier alpha value is -1.28. The van der Waals surface area contributed by atoms with Crippen LogP contribution in [0.25, 0.3) is 0 Å². The lowest BCUT2D eigenvalue weighted by molar-refractivity contribution is 0.0104. The van der Waals surface area contributed by atoms with Gasteiger partial charge in [-0.1, -0.05) is 23.8 Å². The molecule has 2 heteroatoms. The molecule has 2 rings (SSSR count). The molecule has 0 spiro atoms. The number of nitrogens with zero attached hydrogens (tertiary/aromatic N) is 1. The van der Waals surface area contributed by atoms with Crippen LogP contribution in [0.1, 0.15) is 12.5 Å². The van der Waals surface area contributed by atoms with Crippen LogP contribution in [0.3, 0.4) is 0 Å². The van der Waals surface area contributed by atoms with E-state index in [0.717, 1.165) is 13.1 Å². The van der Waals surface area contributed by atoms with E-state index in [9.17, 15) is 0 Å². The van der Waals surface area contributed by atoms with Gasteiger partial charge in [0.2, 0.25) is 0 Å². The number of ether oxygens (including phenoxy) is 1. The smallest absolute Gasteiger partial charge is 0.0932 e. The van der Waals surface area contributed by atoms with Gasteiger partial charge in [-0.15, -0.1) is 6.58 Å². The predicted molar refractivity (Wildman–Crippen MR) is 67.9 cm³/mol. The molecule has 0 radical (unpaired) electrons. The van der Waals surface area contributed by atoms with Crippen molar-refractivity contribution in [3.63, 3.8) is 0 Å². The van der Waals surface area contributed by atoms with Crippen molar-refractivity contribution >= 4 is 5.69 Å². The summed E-state index contributed by atoms with van der Waals surface area (Å²) < 4.78 is 5.75. The lowest BCUT2D eigenvalue weighted by Gasteiger charge is -2.37. The highest BCUT2D eigenvalue weighted by Gasteiger charge is 2.23. The predicted octanol–water partition coefficient (Wildman–Crippen LogP) is 2.77. The number of hydrogen-bond acceptors (Lipinski definition) is 2. The minimum Gasteiger partial charge on any atom is -0.368 e. The van der Waals surface area contributed by atoms with Crippen LogP contribution in [0.15, 0.2) is 36.9 Å². The lowest BCUT2D eigenvalue weighted by Crippen LogP contribution is -2.45. The fraction of sp³-hybridized carbons (Fsp3) is 0.429. The molecule has 2 atom stereocenters. The SMILES string of the molecule is C=C[C@@H]1CN(c2ccc(C)cc2)C[C@@H](C)O1.